The van der Waals surface area contributed by atoms with Crippen molar-refractivity contribution in [2.45, 2.75) is 16.3 Å². The minimum absolute atomic E-state index is 0.177. The first-order chi connectivity index (χ1) is 18.2. The lowest BCUT2D eigenvalue weighted by atomic mass is 9.86. The second-order valence-electron chi connectivity index (χ2n) is 8.65. The number of amides is 1. The summed E-state index contributed by atoms with van der Waals surface area (Å²) in [4.78, 5) is 32.0. The van der Waals surface area contributed by atoms with Crippen molar-refractivity contribution in [3.05, 3.63) is 137 Å². The monoisotopic (exact) mass is 502 g/mol. The normalized spacial score (nSPS) is 17.3. The summed E-state index contributed by atoms with van der Waals surface area (Å²) >= 11 is 1.28. The van der Waals surface area contributed by atoms with Crippen LogP contribution in [0, 0.1) is 0 Å². The zero-order chi connectivity index (χ0) is 25.2. The summed E-state index contributed by atoms with van der Waals surface area (Å²) in [6.45, 7) is 0. The summed E-state index contributed by atoms with van der Waals surface area (Å²) in [5, 5.41) is 4.85. The molecular formula is C30H22N4O2S. The second kappa shape index (κ2) is 9.87. The number of hydrogen-bond donors (Lipinski definition) is 1. The number of carbonyl (C=O) groups is 1. The number of nitrogens with one attached hydrogen (secondary N) is 1. The largest absolute Gasteiger partial charge is 0.272 e. The van der Waals surface area contributed by atoms with Gasteiger partial charge in [0, 0.05) is 5.92 Å². The smallest absolute Gasteiger partial charge is 0.266 e. The summed E-state index contributed by atoms with van der Waals surface area (Å²) in [6, 6.07) is 36.4. The average Bonchev–Trinajstić information content (AvgIpc) is 2.95. The van der Waals surface area contributed by atoms with Gasteiger partial charge in [-0.1, -0.05) is 103 Å². The lowest BCUT2D eigenvalue weighted by Gasteiger charge is -2.31. The minimum Gasteiger partial charge on any atom is -0.272 e. The van der Waals surface area contributed by atoms with Crippen LogP contribution in [0.15, 0.2) is 130 Å². The standard InChI is InChI=1S/C30H22N4O2S/c35-28-27(25(20-12-4-1-5-13-20)26(32-33-28)21-14-6-2-7-15-21)37-30-31-24-19-11-10-18-23(24)29(36)34(30)22-16-8-3-9-17-22/h1-19,25,27H,(H,33,35). The van der Waals surface area contributed by atoms with Crippen molar-refractivity contribution in [1.29, 1.82) is 0 Å². The average molecular weight is 503 g/mol. The quantitative estimate of drug-likeness (QED) is 0.337. The molecule has 1 aliphatic rings. The molecule has 4 aromatic carbocycles. The van der Waals surface area contributed by atoms with Crippen molar-refractivity contribution < 1.29 is 4.79 Å². The number of hydrogen-bond acceptors (Lipinski definition) is 5. The molecule has 1 aromatic heterocycles. The number of fused-ring (bicyclic) bond motifs is 1. The minimum atomic E-state index is -0.613. The van der Waals surface area contributed by atoms with Gasteiger partial charge >= 0.3 is 0 Å². The fraction of sp³-hybridized carbons (Fsp3) is 0.0667. The summed E-state index contributed by atoms with van der Waals surface area (Å²) in [5.74, 6) is -0.588. The molecule has 0 radical (unpaired) electrons. The SMILES string of the molecule is O=C1NN=C(c2ccccc2)C(c2ccccc2)C1Sc1nc2ccccc2c(=O)n1-c1ccccc1. The third-order valence-corrected chi connectivity index (χ3v) is 7.59. The molecule has 2 atom stereocenters. The number of aromatic nitrogens is 2. The second-order valence-corrected chi connectivity index (χ2v) is 9.76. The van der Waals surface area contributed by atoms with E-state index in [0.717, 1.165) is 16.8 Å². The van der Waals surface area contributed by atoms with Gasteiger partial charge in [-0.3, -0.25) is 14.2 Å². The van der Waals surface area contributed by atoms with E-state index in [0.29, 0.717) is 21.7 Å². The van der Waals surface area contributed by atoms with Crippen molar-refractivity contribution in [3.63, 3.8) is 0 Å². The summed E-state index contributed by atoms with van der Waals surface area (Å²) in [5.41, 5.74) is 6.48. The number of carbonyl (C=O) groups excluding carboxylic acids is 1. The van der Waals surface area contributed by atoms with Crippen molar-refractivity contribution in [2.24, 2.45) is 5.10 Å². The maximum absolute atomic E-state index is 13.7. The number of para-hydroxylation sites is 2. The predicted molar refractivity (Wildman–Crippen MR) is 147 cm³/mol. The topological polar surface area (TPSA) is 76.3 Å². The van der Waals surface area contributed by atoms with Crippen LogP contribution in [0.4, 0.5) is 0 Å². The number of thioether (sulfide) groups is 1. The van der Waals surface area contributed by atoms with E-state index in [4.69, 9.17) is 4.98 Å². The lowest BCUT2D eigenvalue weighted by molar-refractivity contribution is -0.121. The van der Waals surface area contributed by atoms with Crippen molar-refractivity contribution in [1.82, 2.24) is 15.0 Å². The van der Waals surface area contributed by atoms with E-state index in [1.807, 2.05) is 109 Å². The van der Waals surface area contributed by atoms with E-state index < -0.39 is 5.25 Å². The van der Waals surface area contributed by atoms with Gasteiger partial charge in [-0.2, -0.15) is 5.10 Å². The molecule has 7 heteroatoms. The van der Waals surface area contributed by atoms with Crippen molar-refractivity contribution >= 4 is 34.3 Å². The van der Waals surface area contributed by atoms with Crippen LogP contribution in [0.5, 0.6) is 0 Å². The van der Waals surface area contributed by atoms with Crippen LogP contribution in [0.3, 0.4) is 0 Å². The molecule has 6 rings (SSSR count). The summed E-state index contributed by atoms with van der Waals surface area (Å²) in [7, 11) is 0. The van der Waals surface area contributed by atoms with E-state index in [-0.39, 0.29) is 17.4 Å². The highest BCUT2D eigenvalue weighted by molar-refractivity contribution is 8.00. The maximum atomic E-state index is 13.7. The van der Waals surface area contributed by atoms with E-state index in [2.05, 4.69) is 10.5 Å². The molecule has 6 nitrogen and oxygen atoms in total. The van der Waals surface area contributed by atoms with E-state index in [9.17, 15) is 9.59 Å². The lowest BCUT2D eigenvalue weighted by Crippen LogP contribution is -2.43. The molecule has 0 bridgehead atoms. The number of hydrazone groups is 1. The summed E-state index contributed by atoms with van der Waals surface area (Å²) < 4.78 is 1.59. The van der Waals surface area contributed by atoms with Gasteiger partial charge < -0.3 is 0 Å². The predicted octanol–water partition coefficient (Wildman–Crippen LogP) is 5.16. The molecule has 0 saturated carbocycles. The molecule has 2 heterocycles. The van der Waals surface area contributed by atoms with Crippen LogP contribution in [0.2, 0.25) is 0 Å². The highest BCUT2D eigenvalue weighted by Gasteiger charge is 2.39. The molecule has 0 fully saturated rings. The number of rotatable bonds is 5. The van der Waals surface area contributed by atoms with Gasteiger partial charge in [-0.25, -0.2) is 10.4 Å². The molecule has 5 aromatic rings. The zero-order valence-corrected chi connectivity index (χ0v) is 20.5. The Kier molecular flexibility index (Phi) is 6.12. The molecule has 1 amide bonds. The fourth-order valence-corrected chi connectivity index (χ4v) is 5.87. The highest BCUT2D eigenvalue weighted by Crippen LogP contribution is 2.38. The Morgan fingerprint density at radius 2 is 1.35 bits per heavy atom. The Bertz CT molecular complexity index is 1670. The Balaban J connectivity index is 1.53. The summed E-state index contributed by atoms with van der Waals surface area (Å²) in [6.07, 6.45) is 0. The third-order valence-electron chi connectivity index (χ3n) is 6.36. The van der Waals surface area contributed by atoms with Crippen LogP contribution >= 0.6 is 11.8 Å². The Hall–Kier alpha value is -4.49. The highest BCUT2D eigenvalue weighted by atomic mass is 32.2. The van der Waals surface area contributed by atoms with Crippen LogP contribution < -0.4 is 11.0 Å². The number of benzene rings is 4. The first kappa shape index (κ1) is 22.9. The molecule has 0 aliphatic carbocycles. The zero-order valence-electron chi connectivity index (χ0n) is 19.7. The van der Waals surface area contributed by atoms with Gasteiger partial charge in [0.25, 0.3) is 11.5 Å². The number of nitrogens with zero attached hydrogens (tertiary/aromatic N) is 3. The van der Waals surface area contributed by atoms with Gasteiger partial charge in [0.05, 0.1) is 22.3 Å². The molecule has 0 saturated heterocycles. The molecular weight excluding hydrogens is 480 g/mol. The fourth-order valence-electron chi connectivity index (χ4n) is 4.62. The Labute approximate surface area is 217 Å². The molecule has 0 spiro atoms. The van der Waals surface area contributed by atoms with Crippen molar-refractivity contribution in [2.75, 3.05) is 0 Å². The van der Waals surface area contributed by atoms with Gasteiger partial charge in [-0.15, -0.1) is 0 Å². The first-order valence-electron chi connectivity index (χ1n) is 11.9. The van der Waals surface area contributed by atoms with E-state index in [1.54, 1.807) is 10.6 Å². The van der Waals surface area contributed by atoms with Gasteiger partial charge in [0.2, 0.25) is 0 Å². The van der Waals surface area contributed by atoms with Crippen LogP contribution in [-0.2, 0) is 4.79 Å². The Morgan fingerprint density at radius 1 is 0.730 bits per heavy atom. The first-order valence-corrected chi connectivity index (χ1v) is 12.8. The third kappa shape index (κ3) is 4.34. The maximum Gasteiger partial charge on any atom is 0.266 e. The molecule has 1 N–H and O–H groups in total. The van der Waals surface area contributed by atoms with Crippen LogP contribution in [0.25, 0.3) is 16.6 Å². The van der Waals surface area contributed by atoms with Crippen LogP contribution in [0.1, 0.15) is 17.0 Å². The van der Waals surface area contributed by atoms with Gasteiger partial charge in [0.15, 0.2) is 5.16 Å². The molecule has 1 aliphatic heterocycles. The van der Waals surface area contributed by atoms with Gasteiger partial charge in [0.1, 0.15) is 5.25 Å². The molecule has 2 unspecified atom stereocenters. The van der Waals surface area contributed by atoms with Gasteiger partial charge in [-0.05, 0) is 35.4 Å². The molecule has 37 heavy (non-hydrogen) atoms. The van der Waals surface area contributed by atoms with E-state index in [1.165, 1.54) is 11.8 Å². The molecule has 180 valence electrons. The van der Waals surface area contributed by atoms with Crippen LogP contribution in [-0.4, -0.2) is 26.4 Å². The van der Waals surface area contributed by atoms with Crippen molar-refractivity contribution in [3.8, 4) is 5.69 Å². The Morgan fingerprint density at radius 3 is 2.08 bits per heavy atom. The van der Waals surface area contributed by atoms with E-state index >= 15 is 0 Å².